The number of fused-ring (bicyclic) bond motifs is 1. The number of likely N-dealkylation sites (N-methyl/N-ethyl adjacent to an activating group) is 1. The van der Waals surface area contributed by atoms with Gasteiger partial charge < -0.3 is 14.5 Å². The second-order valence-corrected chi connectivity index (χ2v) is 10.0. The minimum atomic E-state index is -1.24. The zero-order valence-electron chi connectivity index (χ0n) is 16.4. The maximum Gasteiger partial charge on any atom is 0.314 e. The number of carbonyl (C=O) groups is 3. The molecule has 1 aromatic rings. The summed E-state index contributed by atoms with van der Waals surface area (Å²) >= 11 is 0. The van der Waals surface area contributed by atoms with Crippen LogP contribution in [-0.2, 0) is 19.1 Å². The fraction of sp³-hybridized carbons (Fsp3) is 0.526. The smallest absolute Gasteiger partial charge is 0.314 e. The Hall–Kier alpha value is -1.74. The van der Waals surface area contributed by atoms with Gasteiger partial charge in [-0.2, -0.15) is 0 Å². The summed E-state index contributed by atoms with van der Waals surface area (Å²) in [5, 5.41) is 0. The average molecular weight is 427 g/mol. The minimum Gasteiger partial charge on any atom is -0.469 e. The van der Waals surface area contributed by atoms with Gasteiger partial charge in [0.2, 0.25) is 5.91 Å². The van der Waals surface area contributed by atoms with Gasteiger partial charge in [0.15, 0.2) is 4.87 Å². The first-order valence-electron chi connectivity index (χ1n) is 8.80. The predicted molar refractivity (Wildman–Crippen MR) is 107 cm³/mol. The molecule has 152 valence electrons. The lowest BCUT2D eigenvalue weighted by molar-refractivity contribution is -0.162. The molecule has 0 radical (unpaired) electrons. The number of ether oxygens (including phenoxy) is 1. The van der Waals surface area contributed by atoms with Gasteiger partial charge >= 0.3 is 5.97 Å². The van der Waals surface area contributed by atoms with E-state index in [0.717, 1.165) is 0 Å². The summed E-state index contributed by atoms with van der Waals surface area (Å²) in [5.74, 6) is -1.39. The lowest BCUT2D eigenvalue weighted by Crippen LogP contribution is -2.66. The van der Waals surface area contributed by atoms with Crippen LogP contribution < -0.4 is 0 Å². The Morgan fingerprint density at radius 2 is 1.89 bits per heavy atom. The third kappa shape index (κ3) is 2.82. The normalized spacial score (nSPS) is 32.5. The van der Waals surface area contributed by atoms with Crippen molar-refractivity contribution < 1.29 is 23.5 Å². The Morgan fingerprint density at radius 1 is 1.29 bits per heavy atom. The molecule has 2 fully saturated rings. The van der Waals surface area contributed by atoms with Crippen molar-refractivity contribution in [2.75, 3.05) is 20.4 Å². The van der Waals surface area contributed by atoms with E-state index in [1.165, 1.54) is 50.6 Å². The van der Waals surface area contributed by atoms with E-state index in [4.69, 9.17) is 4.74 Å². The number of benzene rings is 1. The molecule has 1 aromatic carbocycles. The van der Waals surface area contributed by atoms with Crippen LogP contribution in [0.3, 0.4) is 0 Å². The fourth-order valence-corrected chi connectivity index (χ4v) is 6.88. The Balaban J connectivity index is 2.27. The summed E-state index contributed by atoms with van der Waals surface area (Å²) in [6.45, 7) is 3.38. The molecular weight excluding hydrogens is 403 g/mol. The van der Waals surface area contributed by atoms with E-state index in [9.17, 15) is 18.8 Å². The van der Waals surface area contributed by atoms with Gasteiger partial charge in [-0.05, 0) is 37.8 Å². The molecule has 9 heteroatoms. The molecule has 2 heterocycles. The molecule has 2 aliphatic heterocycles. The van der Waals surface area contributed by atoms with Crippen molar-refractivity contribution >= 4 is 39.4 Å². The SMILES string of the molecule is COC(=O)[C@@]1(C)C[C@]2(SSC)C(=O)N(C)[C@@H](C)C(=O)N2[C@H]1c1ccc(F)cc1. The van der Waals surface area contributed by atoms with E-state index in [1.807, 2.05) is 6.26 Å². The average Bonchev–Trinajstić information content (AvgIpc) is 2.96. The van der Waals surface area contributed by atoms with Crippen LogP contribution in [0.2, 0.25) is 0 Å². The van der Waals surface area contributed by atoms with Crippen LogP contribution in [0.5, 0.6) is 0 Å². The molecule has 0 N–H and O–H groups in total. The lowest BCUT2D eigenvalue weighted by atomic mass is 9.78. The molecule has 4 atom stereocenters. The summed E-state index contributed by atoms with van der Waals surface area (Å²) in [4.78, 5) is 41.4. The number of hydrogen-bond acceptors (Lipinski definition) is 6. The quantitative estimate of drug-likeness (QED) is 0.545. The number of piperazine rings is 1. The summed E-state index contributed by atoms with van der Waals surface area (Å²) < 4.78 is 18.6. The molecule has 0 aromatic heterocycles. The molecule has 0 aliphatic carbocycles. The van der Waals surface area contributed by atoms with E-state index < -0.39 is 34.2 Å². The molecule has 0 saturated carbocycles. The Labute approximate surface area is 171 Å². The van der Waals surface area contributed by atoms with Crippen LogP contribution in [0.1, 0.15) is 31.9 Å². The van der Waals surface area contributed by atoms with Crippen LogP contribution in [0.4, 0.5) is 4.39 Å². The zero-order valence-corrected chi connectivity index (χ0v) is 18.0. The first-order chi connectivity index (χ1) is 13.1. The molecule has 0 spiro atoms. The third-order valence-electron chi connectivity index (χ3n) is 5.75. The second kappa shape index (κ2) is 7.26. The van der Waals surface area contributed by atoms with Gasteiger partial charge in [0.25, 0.3) is 5.91 Å². The number of nitrogens with zero attached hydrogens (tertiary/aromatic N) is 2. The van der Waals surface area contributed by atoms with Crippen molar-refractivity contribution in [3.63, 3.8) is 0 Å². The Morgan fingerprint density at radius 3 is 2.43 bits per heavy atom. The molecule has 6 nitrogen and oxygen atoms in total. The van der Waals surface area contributed by atoms with E-state index in [-0.39, 0.29) is 18.2 Å². The lowest BCUT2D eigenvalue weighted by Gasteiger charge is -2.48. The highest BCUT2D eigenvalue weighted by atomic mass is 33.1. The molecular formula is C19H23FN2O4S2. The highest BCUT2D eigenvalue weighted by molar-refractivity contribution is 8.77. The number of rotatable bonds is 4. The number of carbonyl (C=O) groups excluding carboxylic acids is 3. The topological polar surface area (TPSA) is 66.9 Å². The first-order valence-corrected chi connectivity index (χ1v) is 11.4. The summed E-state index contributed by atoms with van der Waals surface area (Å²) in [6, 6.07) is 4.30. The van der Waals surface area contributed by atoms with E-state index in [2.05, 4.69) is 0 Å². The van der Waals surface area contributed by atoms with Crippen LogP contribution in [0.25, 0.3) is 0 Å². The number of methoxy groups -OCH3 is 1. The number of halogens is 1. The van der Waals surface area contributed by atoms with Gasteiger partial charge in [-0.3, -0.25) is 14.4 Å². The van der Waals surface area contributed by atoms with Crippen LogP contribution in [0.15, 0.2) is 24.3 Å². The van der Waals surface area contributed by atoms with Crippen molar-refractivity contribution in [2.45, 2.75) is 37.2 Å². The van der Waals surface area contributed by atoms with Gasteiger partial charge in [-0.15, -0.1) is 0 Å². The maximum absolute atomic E-state index is 13.5. The maximum atomic E-state index is 13.5. The molecule has 2 amide bonds. The van der Waals surface area contributed by atoms with Gasteiger partial charge in [0, 0.05) is 13.5 Å². The van der Waals surface area contributed by atoms with Crippen molar-refractivity contribution in [1.82, 2.24) is 9.80 Å². The second-order valence-electron chi connectivity index (χ2n) is 7.37. The summed E-state index contributed by atoms with van der Waals surface area (Å²) in [7, 11) is 5.53. The van der Waals surface area contributed by atoms with Gasteiger partial charge in [-0.1, -0.05) is 33.7 Å². The zero-order chi connectivity index (χ0) is 20.9. The predicted octanol–water partition coefficient (Wildman–Crippen LogP) is 2.85. The standard InChI is InChI=1S/C19H23FN2O4S2/c1-11-15(23)22-14(12-6-8-13(20)9-7-12)18(2,17(25)26-4)10-19(22,28-27-5)16(24)21(11)3/h6-9,11,14H,10H2,1-5H3/t11-,14-,18-,19-/m0/s1. The van der Waals surface area contributed by atoms with Crippen LogP contribution in [-0.4, -0.2) is 58.9 Å². The van der Waals surface area contributed by atoms with Crippen molar-refractivity contribution in [1.29, 1.82) is 0 Å². The highest BCUT2D eigenvalue weighted by Gasteiger charge is 2.70. The van der Waals surface area contributed by atoms with Gasteiger partial charge in [0.05, 0.1) is 18.6 Å². The minimum absolute atomic E-state index is 0.113. The number of amides is 2. The van der Waals surface area contributed by atoms with Gasteiger partial charge in [-0.25, -0.2) is 4.39 Å². The largest absolute Gasteiger partial charge is 0.469 e. The highest BCUT2D eigenvalue weighted by Crippen LogP contribution is 2.62. The van der Waals surface area contributed by atoms with E-state index in [0.29, 0.717) is 5.56 Å². The number of esters is 1. The molecule has 0 unspecified atom stereocenters. The molecule has 3 rings (SSSR count). The third-order valence-corrected chi connectivity index (χ3v) is 8.03. The Kier molecular flexibility index (Phi) is 5.44. The summed E-state index contributed by atoms with van der Waals surface area (Å²) in [5.41, 5.74) is -0.568. The van der Waals surface area contributed by atoms with E-state index >= 15 is 0 Å². The van der Waals surface area contributed by atoms with Gasteiger partial charge in [0.1, 0.15) is 11.9 Å². The van der Waals surface area contributed by atoms with E-state index in [1.54, 1.807) is 33.0 Å². The van der Waals surface area contributed by atoms with Crippen LogP contribution in [0, 0.1) is 11.2 Å². The first kappa shape index (κ1) is 21.0. The monoisotopic (exact) mass is 426 g/mol. The molecule has 2 aliphatic rings. The molecule has 2 saturated heterocycles. The fourth-order valence-electron chi connectivity index (χ4n) is 4.30. The van der Waals surface area contributed by atoms with Crippen molar-refractivity contribution in [3.8, 4) is 0 Å². The Bertz CT molecular complexity index is 821. The van der Waals surface area contributed by atoms with Crippen molar-refractivity contribution in [3.05, 3.63) is 35.6 Å². The molecule has 0 bridgehead atoms. The van der Waals surface area contributed by atoms with Crippen molar-refractivity contribution in [2.24, 2.45) is 5.41 Å². The summed E-state index contributed by atoms with van der Waals surface area (Å²) in [6.07, 6.45) is 1.94. The molecule has 28 heavy (non-hydrogen) atoms. The van der Waals surface area contributed by atoms with Crippen LogP contribution >= 0.6 is 21.6 Å². The number of hydrogen-bond donors (Lipinski definition) is 0.